The molecule has 0 saturated carbocycles. The summed E-state index contributed by atoms with van der Waals surface area (Å²) in [4.78, 5) is 12.2. The average molecular weight is 311 g/mol. The van der Waals surface area contributed by atoms with E-state index in [2.05, 4.69) is 5.10 Å². The van der Waals surface area contributed by atoms with E-state index in [9.17, 15) is 13.2 Å². The minimum atomic E-state index is -3.21. The molecule has 2 aliphatic rings. The third-order valence-corrected chi connectivity index (χ3v) is 5.74. The van der Waals surface area contributed by atoms with Crippen LogP contribution in [-0.2, 0) is 29.4 Å². The highest BCUT2D eigenvalue weighted by molar-refractivity contribution is 7.88. The molecule has 0 bridgehead atoms. The predicted molar refractivity (Wildman–Crippen MR) is 79.7 cm³/mol. The molecule has 1 fully saturated rings. The van der Waals surface area contributed by atoms with Gasteiger partial charge in [-0.1, -0.05) is 0 Å². The van der Waals surface area contributed by atoms with Crippen LogP contribution in [0.15, 0.2) is 10.9 Å². The van der Waals surface area contributed by atoms with Crippen molar-refractivity contribution in [2.45, 2.75) is 51.1 Å². The van der Waals surface area contributed by atoms with Crippen molar-refractivity contribution in [3.05, 3.63) is 27.7 Å². The largest absolute Gasteiger partial charge is 0.268 e. The Kier molecular flexibility index (Phi) is 3.88. The Morgan fingerprint density at radius 1 is 1.29 bits per heavy atom. The van der Waals surface area contributed by atoms with Crippen molar-refractivity contribution < 1.29 is 8.42 Å². The maximum absolute atomic E-state index is 12.2. The molecule has 1 aromatic rings. The lowest BCUT2D eigenvalue weighted by atomic mass is 9.97. The number of hydrogen-bond acceptors (Lipinski definition) is 4. The molecule has 1 atom stereocenters. The van der Waals surface area contributed by atoms with Crippen LogP contribution in [0.4, 0.5) is 0 Å². The fourth-order valence-electron chi connectivity index (χ4n) is 3.36. The van der Waals surface area contributed by atoms with Crippen molar-refractivity contribution in [1.29, 1.82) is 0 Å². The lowest BCUT2D eigenvalue weighted by Crippen LogP contribution is -2.40. The first kappa shape index (κ1) is 14.7. The van der Waals surface area contributed by atoms with Gasteiger partial charge in [0, 0.05) is 18.7 Å². The normalized spacial score (nSPS) is 23.2. The molecule has 21 heavy (non-hydrogen) atoms. The second kappa shape index (κ2) is 5.53. The lowest BCUT2D eigenvalue weighted by molar-refractivity contribution is 0.335. The van der Waals surface area contributed by atoms with Gasteiger partial charge in [0.05, 0.1) is 18.5 Å². The fraction of sp³-hybridized carbons (Fsp3) is 0.714. The first-order valence-electron chi connectivity index (χ1n) is 7.52. The van der Waals surface area contributed by atoms with Crippen LogP contribution >= 0.6 is 0 Å². The number of sulfonamides is 1. The van der Waals surface area contributed by atoms with Gasteiger partial charge in [-0.3, -0.25) is 4.79 Å². The summed E-state index contributed by atoms with van der Waals surface area (Å²) >= 11 is 0. The summed E-state index contributed by atoms with van der Waals surface area (Å²) < 4.78 is 26.5. The van der Waals surface area contributed by atoms with Crippen LogP contribution in [0.1, 0.15) is 36.9 Å². The zero-order valence-corrected chi connectivity index (χ0v) is 13.1. The molecule has 1 aliphatic carbocycles. The Hall–Kier alpha value is -1.21. The number of aromatic nitrogens is 2. The Balaban J connectivity index is 1.86. The van der Waals surface area contributed by atoms with Crippen LogP contribution in [0.25, 0.3) is 0 Å². The van der Waals surface area contributed by atoms with Gasteiger partial charge in [-0.05, 0) is 44.1 Å². The molecule has 0 amide bonds. The van der Waals surface area contributed by atoms with Gasteiger partial charge in [0.15, 0.2) is 0 Å². The highest BCUT2D eigenvalue weighted by atomic mass is 32.2. The van der Waals surface area contributed by atoms with Crippen molar-refractivity contribution in [2.75, 3.05) is 12.8 Å². The van der Waals surface area contributed by atoms with Crippen molar-refractivity contribution in [3.8, 4) is 0 Å². The van der Waals surface area contributed by atoms with Crippen LogP contribution < -0.4 is 5.56 Å². The van der Waals surface area contributed by atoms with Crippen LogP contribution in [0.2, 0.25) is 0 Å². The topological polar surface area (TPSA) is 72.3 Å². The molecule has 0 N–H and O–H groups in total. The lowest BCUT2D eigenvalue weighted by Gasteiger charge is -2.23. The van der Waals surface area contributed by atoms with Crippen LogP contribution in [0, 0.1) is 0 Å². The van der Waals surface area contributed by atoms with E-state index < -0.39 is 10.0 Å². The molecule has 0 aromatic carbocycles. The smallest absolute Gasteiger partial charge is 0.267 e. The summed E-state index contributed by atoms with van der Waals surface area (Å²) in [6.07, 6.45) is 6.93. The molecule has 0 spiro atoms. The van der Waals surface area contributed by atoms with Gasteiger partial charge in [0.1, 0.15) is 0 Å². The summed E-state index contributed by atoms with van der Waals surface area (Å²) in [6, 6.07) is 1.54. The number of aryl methyl sites for hydroxylation is 2. The molecule has 1 saturated heterocycles. The predicted octanol–water partition coefficient (Wildman–Crippen LogP) is 0.546. The Morgan fingerprint density at radius 3 is 2.81 bits per heavy atom. The summed E-state index contributed by atoms with van der Waals surface area (Å²) in [5, 5.41) is 4.48. The van der Waals surface area contributed by atoms with E-state index >= 15 is 0 Å². The van der Waals surface area contributed by atoms with Gasteiger partial charge >= 0.3 is 0 Å². The summed E-state index contributed by atoms with van der Waals surface area (Å²) in [5.74, 6) is 0. The van der Waals surface area contributed by atoms with Gasteiger partial charge < -0.3 is 0 Å². The van der Waals surface area contributed by atoms with Crippen LogP contribution in [0.3, 0.4) is 0 Å². The second-order valence-electron chi connectivity index (χ2n) is 6.01. The SMILES string of the molecule is CS(=O)(=O)N1CCCC1Cn1nc2c(cc1=O)CCCC2. The molecule has 116 valence electrons. The van der Waals surface area contributed by atoms with Crippen LogP contribution in [-0.4, -0.2) is 41.3 Å². The second-order valence-corrected chi connectivity index (χ2v) is 7.95. The molecular weight excluding hydrogens is 290 g/mol. The minimum absolute atomic E-state index is 0.115. The van der Waals surface area contributed by atoms with E-state index in [0.29, 0.717) is 13.1 Å². The van der Waals surface area contributed by atoms with Crippen molar-refractivity contribution in [3.63, 3.8) is 0 Å². The van der Waals surface area contributed by atoms with E-state index in [1.807, 2.05) is 0 Å². The van der Waals surface area contributed by atoms with Gasteiger partial charge in [0.25, 0.3) is 5.56 Å². The van der Waals surface area contributed by atoms with E-state index in [0.717, 1.165) is 49.8 Å². The Bertz CT molecular complexity index is 696. The third kappa shape index (κ3) is 3.03. The zero-order chi connectivity index (χ0) is 15.0. The van der Waals surface area contributed by atoms with Gasteiger partial charge in [-0.2, -0.15) is 9.40 Å². The average Bonchev–Trinajstić information content (AvgIpc) is 2.88. The number of rotatable bonds is 3. The summed E-state index contributed by atoms with van der Waals surface area (Å²) in [5.41, 5.74) is 1.95. The molecule has 0 radical (unpaired) electrons. The van der Waals surface area contributed by atoms with Crippen molar-refractivity contribution in [1.82, 2.24) is 14.1 Å². The quantitative estimate of drug-likeness (QED) is 0.817. The maximum Gasteiger partial charge on any atom is 0.267 e. The molecule has 7 heteroatoms. The zero-order valence-electron chi connectivity index (χ0n) is 12.3. The van der Waals surface area contributed by atoms with Gasteiger partial charge in [-0.25, -0.2) is 13.1 Å². The van der Waals surface area contributed by atoms with E-state index in [1.165, 1.54) is 15.2 Å². The van der Waals surface area contributed by atoms with E-state index in [-0.39, 0.29) is 11.6 Å². The Labute approximate surface area is 124 Å². The third-order valence-electron chi connectivity index (χ3n) is 4.41. The fourth-order valence-corrected chi connectivity index (χ4v) is 4.53. The number of nitrogens with zero attached hydrogens (tertiary/aromatic N) is 3. The molecule has 1 aliphatic heterocycles. The number of fused-ring (bicyclic) bond motifs is 1. The van der Waals surface area contributed by atoms with Crippen molar-refractivity contribution >= 4 is 10.0 Å². The van der Waals surface area contributed by atoms with Gasteiger partial charge in [-0.15, -0.1) is 0 Å². The van der Waals surface area contributed by atoms with Gasteiger partial charge in [0.2, 0.25) is 10.0 Å². The monoisotopic (exact) mass is 311 g/mol. The summed E-state index contributed by atoms with van der Waals surface area (Å²) in [7, 11) is -3.21. The Morgan fingerprint density at radius 2 is 2.05 bits per heavy atom. The van der Waals surface area contributed by atoms with Crippen LogP contribution in [0.5, 0.6) is 0 Å². The molecular formula is C14H21N3O3S. The highest BCUT2D eigenvalue weighted by Gasteiger charge is 2.32. The molecule has 1 unspecified atom stereocenters. The first-order chi connectivity index (χ1) is 9.95. The summed E-state index contributed by atoms with van der Waals surface area (Å²) in [6.45, 7) is 0.905. The van der Waals surface area contributed by atoms with E-state index in [4.69, 9.17) is 0 Å². The minimum Gasteiger partial charge on any atom is -0.268 e. The standard InChI is InChI=1S/C14H21N3O3S/c1-21(19,20)17-8-4-6-12(17)10-16-14(18)9-11-5-2-3-7-13(11)15-16/h9,12H,2-8,10H2,1H3. The molecule has 6 nitrogen and oxygen atoms in total. The highest BCUT2D eigenvalue weighted by Crippen LogP contribution is 2.22. The first-order valence-corrected chi connectivity index (χ1v) is 9.37. The molecule has 3 rings (SSSR count). The van der Waals surface area contributed by atoms with E-state index in [1.54, 1.807) is 6.07 Å². The van der Waals surface area contributed by atoms with Crippen molar-refractivity contribution in [2.24, 2.45) is 0 Å². The molecule has 2 heterocycles. The number of hydrogen-bond donors (Lipinski definition) is 0. The molecule has 1 aromatic heterocycles. The maximum atomic E-state index is 12.2.